The molecule has 2 aromatic rings. The summed E-state index contributed by atoms with van der Waals surface area (Å²) in [6.07, 6.45) is 4.94. The van der Waals surface area contributed by atoms with E-state index in [2.05, 4.69) is 10.5 Å². The molecule has 0 aromatic heterocycles. The number of ether oxygens (including phenoxy) is 1. The first-order chi connectivity index (χ1) is 15.2. The third kappa shape index (κ3) is 6.25. The van der Waals surface area contributed by atoms with Crippen LogP contribution in [0, 0.1) is 17.6 Å². The van der Waals surface area contributed by atoms with E-state index in [0.29, 0.717) is 0 Å². The molecule has 2 atom stereocenters. The van der Waals surface area contributed by atoms with Gasteiger partial charge < -0.3 is 21.3 Å². The quantitative estimate of drug-likeness (QED) is 0.207. The molecule has 2 aromatic carbocycles. The molecule has 170 valence electrons. The average Bonchev–Trinajstić information content (AvgIpc) is 2.73. The van der Waals surface area contributed by atoms with Crippen molar-refractivity contribution in [2.75, 3.05) is 6.61 Å². The van der Waals surface area contributed by atoms with Crippen molar-refractivity contribution >= 4 is 35.0 Å². The second kappa shape index (κ2) is 10.8. The van der Waals surface area contributed by atoms with Crippen molar-refractivity contribution in [2.24, 2.45) is 21.8 Å². The first-order valence-electron chi connectivity index (χ1n) is 9.95. The Hall–Kier alpha value is -2.55. The Morgan fingerprint density at radius 1 is 1.31 bits per heavy atom. The summed E-state index contributed by atoms with van der Waals surface area (Å²) in [5.41, 5.74) is 13.8. The molecule has 1 aliphatic carbocycles. The molecule has 0 bridgehead atoms. The summed E-state index contributed by atoms with van der Waals surface area (Å²) in [6, 6.07) is 8.68. The van der Waals surface area contributed by atoms with Gasteiger partial charge in [-0.05, 0) is 49.1 Å². The van der Waals surface area contributed by atoms with Crippen LogP contribution in [0.2, 0.25) is 5.02 Å². The van der Waals surface area contributed by atoms with Crippen LogP contribution in [0.1, 0.15) is 25.3 Å². The lowest BCUT2D eigenvalue weighted by Crippen LogP contribution is -2.36. The third-order valence-corrected chi connectivity index (χ3v) is 6.08. The summed E-state index contributed by atoms with van der Waals surface area (Å²) in [6.45, 7) is 1.65. The van der Waals surface area contributed by atoms with Crippen LogP contribution in [0.5, 0.6) is 5.75 Å². The highest BCUT2D eigenvalue weighted by Gasteiger charge is 2.27. The van der Waals surface area contributed by atoms with Crippen molar-refractivity contribution < 1.29 is 18.6 Å². The van der Waals surface area contributed by atoms with Gasteiger partial charge in [-0.2, -0.15) is 4.40 Å². The Bertz CT molecular complexity index is 1050. The van der Waals surface area contributed by atoms with Gasteiger partial charge in [-0.1, -0.05) is 29.8 Å². The molecule has 1 aliphatic rings. The normalized spacial score (nSPS) is 19.6. The number of benzene rings is 2. The number of nitrogens with two attached hydrogens (primary N) is 2. The minimum atomic E-state index is -0.571. The van der Waals surface area contributed by atoms with Gasteiger partial charge in [0.15, 0.2) is 0 Å². The second-order valence-electron chi connectivity index (χ2n) is 7.43. The van der Waals surface area contributed by atoms with Gasteiger partial charge in [-0.15, -0.1) is 0 Å². The molecule has 5 nitrogen and oxygen atoms in total. The zero-order valence-electron chi connectivity index (χ0n) is 17.4. The predicted octanol–water partition coefficient (Wildman–Crippen LogP) is 5.64. The molecule has 0 fully saturated rings. The minimum Gasteiger partial charge on any atom is -0.512 e. The molecule has 0 radical (unpaired) electrons. The fourth-order valence-corrected chi connectivity index (χ4v) is 4.27. The monoisotopic (exact) mass is 479 g/mol. The minimum absolute atomic E-state index is 0.0101. The van der Waals surface area contributed by atoms with Crippen LogP contribution >= 0.6 is 23.5 Å². The molecule has 5 N–H and O–H groups in total. The summed E-state index contributed by atoms with van der Waals surface area (Å²) >= 11 is 7.10. The maximum absolute atomic E-state index is 14.6. The van der Waals surface area contributed by atoms with Crippen LogP contribution in [-0.4, -0.2) is 23.6 Å². The Kier molecular flexibility index (Phi) is 8.17. The van der Waals surface area contributed by atoms with E-state index in [0.717, 1.165) is 35.9 Å². The van der Waals surface area contributed by atoms with Gasteiger partial charge in [0.2, 0.25) is 0 Å². The topological polar surface area (TPSA) is 93.9 Å². The second-order valence-corrected chi connectivity index (χ2v) is 8.64. The van der Waals surface area contributed by atoms with E-state index in [-0.39, 0.29) is 51.6 Å². The van der Waals surface area contributed by atoms with E-state index in [1.165, 1.54) is 37.3 Å². The lowest BCUT2D eigenvalue weighted by molar-refractivity contribution is 0.252. The van der Waals surface area contributed by atoms with Gasteiger partial charge >= 0.3 is 0 Å². The Labute approximate surface area is 194 Å². The standard InChI is InChI=1S/C23H24ClF2N3O2S/c1-13(30)9-23(28)29-32-22-10-18(24)21(11-19(22)26)31-12-17-16(3-2-4-20(17)27)14-5-7-15(25)8-6-14/h3,5-11,17,20,30H,2,4,12,27H2,1H3,(H2,28,29)/b13-9-. The number of aliphatic hydroxyl groups excluding tert-OH is 1. The van der Waals surface area contributed by atoms with E-state index in [4.69, 9.17) is 27.8 Å². The van der Waals surface area contributed by atoms with Crippen molar-refractivity contribution in [3.8, 4) is 5.75 Å². The summed E-state index contributed by atoms with van der Waals surface area (Å²) in [5.74, 6) is -0.816. The molecular formula is C23H24ClF2N3O2S. The van der Waals surface area contributed by atoms with Gasteiger partial charge in [-0.3, -0.25) is 0 Å². The number of allylic oxidation sites excluding steroid dienone is 2. The van der Waals surface area contributed by atoms with Crippen LogP contribution in [0.25, 0.3) is 5.57 Å². The van der Waals surface area contributed by atoms with Gasteiger partial charge in [0.25, 0.3) is 0 Å². The third-order valence-electron chi connectivity index (χ3n) is 4.97. The number of halogens is 3. The molecule has 32 heavy (non-hydrogen) atoms. The van der Waals surface area contributed by atoms with Crippen LogP contribution < -0.4 is 16.2 Å². The molecule has 0 saturated heterocycles. The van der Waals surface area contributed by atoms with Crippen LogP contribution in [0.3, 0.4) is 0 Å². The number of aliphatic hydroxyl groups is 1. The highest BCUT2D eigenvalue weighted by molar-refractivity contribution is 7.98. The summed E-state index contributed by atoms with van der Waals surface area (Å²) in [4.78, 5) is 0.163. The Morgan fingerprint density at radius 3 is 2.72 bits per heavy atom. The summed E-state index contributed by atoms with van der Waals surface area (Å²) < 4.78 is 37.7. The molecule has 0 aliphatic heterocycles. The fraction of sp³-hybridized carbons (Fsp3) is 0.261. The van der Waals surface area contributed by atoms with E-state index in [9.17, 15) is 13.9 Å². The lowest BCUT2D eigenvalue weighted by atomic mass is 9.81. The first-order valence-corrected chi connectivity index (χ1v) is 11.1. The zero-order valence-corrected chi connectivity index (χ0v) is 19.0. The van der Waals surface area contributed by atoms with Crippen LogP contribution in [0.15, 0.2) is 63.6 Å². The van der Waals surface area contributed by atoms with Gasteiger partial charge in [0, 0.05) is 36.1 Å². The van der Waals surface area contributed by atoms with E-state index < -0.39 is 5.82 Å². The largest absolute Gasteiger partial charge is 0.512 e. The summed E-state index contributed by atoms with van der Waals surface area (Å²) in [7, 11) is 0. The Morgan fingerprint density at radius 2 is 2.03 bits per heavy atom. The number of hydrogen-bond donors (Lipinski definition) is 3. The van der Waals surface area contributed by atoms with E-state index in [1.807, 2.05) is 0 Å². The smallest absolute Gasteiger partial charge is 0.142 e. The maximum Gasteiger partial charge on any atom is 0.142 e. The molecule has 0 spiro atoms. The van der Waals surface area contributed by atoms with Gasteiger partial charge in [-0.25, -0.2) is 8.78 Å². The van der Waals surface area contributed by atoms with E-state index in [1.54, 1.807) is 12.1 Å². The molecule has 2 unspecified atom stereocenters. The number of nitrogens with zero attached hydrogens (tertiary/aromatic N) is 1. The van der Waals surface area contributed by atoms with E-state index >= 15 is 0 Å². The molecule has 0 amide bonds. The van der Waals surface area contributed by atoms with Crippen molar-refractivity contribution in [1.29, 1.82) is 0 Å². The van der Waals surface area contributed by atoms with Crippen molar-refractivity contribution in [3.05, 3.63) is 76.5 Å². The fourth-order valence-electron chi connectivity index (χ4n) is 3.41. The van der Waals surface area contributed by atoms with Gasteiger partial charge in [0.1, 0.15) is 23.2 Å². The number of hydrogen-bond acceptors (Lipinski definition) is 5. The van der Waals surface area contributed by atoms with Crippen molar-refractivity contribution in [1.82, 2.24) is 0 Å². The molecule has 0 heterocycles. The molecular weight excluding hydrogens is 456 g/mol. The zero-order chi connectivity index (χ0) is 23.3. The number of rotatable bonds is 7. The SMILES string of the molecule is C/C(O)=C/C(N)=N\Sc1cc(Cl)c(OCC2C(c3ccc(F)cc3)=CCCC2N)cc1F. The highest BCUT2D eigenvalue weighted by Crippen LogP contribution is 2.36. The molecule has 0 saturated carbocycles. The number of amidine groups is 1. The Balaban J connectivity index is 1.74. The highest BCUT2D eigenvalue weighted by atomic mass is 35.5. The predicted molar refractivity (Wildman–Crippen MR) is 126 cm³/mol. The van der Waals surface area contributed by atoms with Crippen molar-refractivity contribution in [2.45, 2.75) is 30.7 Å². The average molecular weight is 480 g/mol. The molecule has 3 rings (SSSR count). The molecule has 9 heteroatoms. The van der Waals surface area contributed by atoms with Crippen LogP contribution in [0.4, 0.5) is 8.78 Å². The first kappa shape index (κ1) is 24.1. The van der Waals surface area contributed by atoms with Crippen LogP contribution in [-0.2, 0) is 0 Å². The maximum atomic E-state index is 14.6. The van der Waals surface area contributed by atoms with Crippen molar-refractivity contribution in [3.63, 3.8) is 0 Å². The van der Waals surface area contributed by atoms with Gasteiger partial charge in [0.05, 0.1) is 22.3 Å². The summed E-state index contributed by atoms with van der Waals surface area (Å²) in [5, 5.41) is 9.41. The lowest BCUT2D eigenvalue weighted by Gasteiger charge is -2.30.